The number of allylic oxidation sites excluding steroid dienone is 4. The van der Waals surface area contributed by atoms with Gasteiger partial charge in [0.1, 0.15) is 11.7 Å². The number of nitrogens with zero attached hydrogens (tertiary/aromatic N) is 4. The predicted molar refractivity (Wildman–Crippen MR) is 121 cm³/mol. The minimum Gasteiger partial charge on any atom is -0.512 e. The summed E-state index contributed by atoms with van der Waals surface area (Å²) >= 11 is 1.62. The highest BCUT2D eigenvalue weighted by Crippen LogP contribution is 2.37. The third kappa shape index (κ3) is 4.28. The van der Waals surface area contributed by atoms with Crippen LogP contribution in [0.5, 0.6) is 0 Å². The molecule has 0 spiro atoms. The van der Waals surface area contributed by atoms with E-state index in [-0.39, 0.29) is 12.0 Å². The molecule has 0 radical (unpaired) electrons. The molecule has 2 atom stereocenters. The van der Waals surface area contributed by atoms with E-state index < -0.39 is 0 Å². The number of hydrogen-bond donors (Lipinski definition) is 3. The van der Waals surface area contributed by atoms with Crippen LogP contribution in [0.15, 0.2) is 64.5 Å². The first kappa shape index (κ1) is 20.3. The fraction of sp³-hybridized carbons (Fsp3) is 0.364. The van der Waals surface area contributed by atoms with Crippen LogP contribution in [0.25, 0.3) is 0 Å². The molecule has 30 heavy (non-hydrogen) atoms. The summed E-state index contributed by atoms with van der Waals surface area (Å²) in [6.45, 7) is 7.20. The number of aromatic nitrogens is 3. The third-order valence-corrected chi connectivity index (χ3v) is 6.12. The van der Waals surface area contributed by atoms with Crippen molar-refractivity contribution in [2.45, 2.75) is 39.7 Å². The summed E-state index contributed by atoms with van der Waals surface area (Å²) in [6.07, 6.45) is 12.6. The second kappa shape index (κ2) is 8.79. The van der Waals surface area contributed by atoms with Gasteiger partial charge >= 0.3 is 0 Å². The Morgan fingerprint density at radius 2 is 2.13 bits per heavy atom. The van der Waals surface area contributed by atoms with Crippen LogP contribution in [0.2, 0.25) is 0 Å². The molecular weight excluding hydrogens is 396 g/mol. The second-order valence-electron chi connectivity index (χ2n) is 7.55. The van der Waals surface area contributed by atoms with E-state index in [9.17, 15) is 5.11 Å². The van der Waals surface area contributed by atoms with Crippen LogP contribution in [0, 0.1) is 5.92 Å². The minimum atomic E-state index is -0.167. The van der Waals surface area contributed by atoms with Gasteiger partial charge < -0.3 is 15.7 Å². The molecule has 4 rings (SSSR count). The van der Waals surface area contributed by atoms with Crippen LogP contribution < -0.4 is 10.6 Å². The average Bonchev–Trinajstić information content (AvgIpc) is 3.21. The molecule has 156 valence electrons. The van der Waals surface area contributed by atoms with Gasteiger partial charge in [-0.25, -0.2) is 9.97 Å². The Kier molecular flexibility index (Phi) is 5.94. The number of aliphatic hydroxyl groups is 1. The fourth-order valence-electron chi connectivity index (χ4n) is 3.80. The van der Waals surface area contributed by atoms with Crippen molar-refractivity contribution in [3.63, 3.8) is 0 Å². The summed E-state index contributed by atoms with van der Waals surface area (Å²) in [5.41, 5.74) is 3.93. The van der Waals surface area contributed by atoms with E-state index in [1.165, 1.54) is 5.57 Å². The van der Waals surface area contributed by atoms with Gasteiger partial charge in [0.15, 0.2) is 11.0 Å². The van der Waals surface area contributed by atoms with Crippen LogP contribution in [-0.2, 0) is 0 Å². The van der Waals surface area contributed by atoms with Crippen molar-refractivity contribution in [3.8, 4) is 0 Å². The number of rotatable bonds is 6. The molecule has 0 saturated heterocycles. The highest BCUT2D eigenvalue weighted by Gasteiger charge is 2.27. The van der Waals surface area contributed by atoms with Crippen LogP contribution in [0.3, 0.4) is 0 Å². The molecule has 3 heterocycles. The quantitative estimate of drug-likeness (QED) is 0.633. The van der Waals surface area contributed by atoms with E-state index in [1.807, 2.05) is 19.2 Å². The second-order valence-corrected chi connectivity index (χ2v) is 8.61. The van der Waals surface area contributed by atoms with Gasteiger partial charge in [-0.05, 0) is 42.6 Å². The molecule has 2 aromatic rings. The molecule has 0 fully saturated rings. The van der Waals surface area contributed by atoms with Gasteiger partial charge in [0.25, 0.3) is 0 Å². The van der Waals surface area contributed by atoms with E-state index in [4.69, 9.17) is 4.99 Å². The maximum Gasteiger partial charge on any atom is 0.182 e. The fourth-order valence-corrected chi connectivity index (χ4v) is 4.65. The number of hydrogen-bond acceptors (Lipinski definition) is 8. The zero-order valence-electron chi connectivity index (χ0n) is 17.4. The van der Waals surface area contributed by atoms with Crippen LogP contribution in [0.1, 0.15) is 50.2 Å². The summed E-state index contributed by atoms with van der Waals surface area (Å²) in [5.74, 6) is 1.31. The Hall–Kier alpha value is -3.00. The summed E-state index contributed by atoms with van der Waals surface area (Å²) in [6, 6.07) is -0.167. The number of thiazole rings is 1. The van der Waals surface area contributed by atoms with Gasteiger partial charge in [0.05, 0.1) is 16.8 Å². The Bertz CT molecular complexity index is 1040. The monoisotopic (exact) mass is 422 g/mol. The third-order valence-electron chi connectivity index (χ3n) is 5.10. The maximum absolute atomic E-state index is 10.0. The van der Waals surface area contributed by atoms with Crippen LogP contribution >= 0.6 is 11.3 Å². The standard InChI is InChI=1S/C22H26N6OS/c1-4-5-25-22-26-12-19(30-22)16-10-17(20-13(2)8-15(29)9-14(20)3)28-21(27-16)18-11-23-6-7-24-18/h6-8,10-12,14,16,29H,4-5,9H2,1-3H3,(H,25,26)(H,27,28). The van der Waals surface area contributed by atoms with Crippen LogP contribution in [-0.4, -0.2) is 32.4 Å². The average molecular weight is 423 g/mol. The number of amidine groups is 1. The van der Waals surface area contributed by atoms with Gasteiger partial charge in [-0.3, -0.25) is 9.98 Å². The van der Waals surface area contributed by atoms with Crippen molar-refractivity contribution in [1.82, 2.24) is 20.3 Å². The van der Waals surface area contributed by atoms with Gasteiger partial charge in [-0.15, -0.1) is 0 Å². The Morgan fingerprint density at radius 3 is 2.87 bits per heavy atom. The smallest absolute Gasteiger partial charge is 0.182 e. The Labute approximate surface area is 180 Å². The predicted octanol–water partition coefficient (Wildman–Crippen LogP) is 4.53. The molecule has 0 amide bonds. The van der Waals surface area contributed by atoms with Gasteiger partial charge in [-0.2, -0.15) is 0 Å². The first-order valence-corrected chi connectivity index (χ1v) is 11.0. The summed E-state index contributed by atoms with van der Waals surface area (Å²) < 4.78 is 0. The van der Waals surface area contributed by atoms with Gasteiger partial charge in [-0.1, -0.05) is 25.2 Å². The van der Waals surface area contributed by atoms with Crippen molar-refractivity contribution < 1.29 is 5.11 Å². The summed E-state index contributed by atoms with van der Waals surface area (Å²) in [4.78, 5) is 19.1. The van der Waals surface area contributed by atoms with E-state index in [1.54, 1.807) is 29.9 Å². The van der Waals surface area contributed by atoms with E-state index in [2.05, 4.69) is 45.5 Å². The molecule has 2 aromatic heterocycles. The van der Waals surface area contributed by atoms with Gasteiger partial charge in [0.2, 0.25) is 0 Å². The molecule has 2 aliphatic rings. The lowest BCUT2D eigenvalue weighted by Gasteiger charge is -2.29. The normalized spacial score (nSPS) is 21.5. The van der Waals surface area contributed by atoms with Crippen molar-refractivity contribution >= 4 is 22.3 Å². The molecule has 0 saturated carbocycles. The number of nitrogens with one attached hydrogen (secondary N) is 2. The van der Waals surface area contributed by atoms with Gasteiger partial charge in [0, 0.05) is 37.3 Å². The zero-order valence-corrected chi connectivity index (χ0v) is 18.2. The largest absolute Gasteiger partial charge is 0.512 e. The Balaban J connectivity index is 1.74. The lowest BCUT2D eigenvalue weighted by molar-refractivity contribution is 0.364. The van der Waals surface area contributed by atoms with Crippen molar-refractivity contribution in [3.05, 3.63) is 70.1 Å². The molecule has 2 unspecified atom stereocenters. The Morgan fingerprint density at radius 1 is 1.27 bits per heavy atom. The summed E-state index contributed by atoms with van der Waals surface area (Å²) in [5, 5.41) is 17.7. The molecule has 8 heteroatoms. The molecule has 0 bridgehead atoms. The first-order valence-electron chi connectivity index (χ1n) is 10.2. The molecule has 7 nitrogen and oxygen atoms in total. The highest BCUT2D eigenvalue weighted by atomic mass is 32.1. The molecule has 1 aliphatic carbocycles. The molecule has 1 aliphatic heterocycles. The maximum atomic E-state index is 10.0. The lowest BCUT2D eigenvalue weighted by Crippen LogP contribution is -2.32. The minimum absolute atomic E-state index is 0.167. The first-order chi connectivity index (χ1) is 14.5. The number of aliphatic imine (C=N–C) groups is 1. The molecule has 3 N–H and O–H groups in total. The van der Waals surface area contributed by atoms with Crippen molar-refractivity contribution in [1.29, 1.82) is 0 Å². The SMILES string of the molecule is CCCNc1ncc(C2C=C(C3=C(C)C=C(O)CC3C)NC(c3cnccn3)=N2)s1. The summed E-state index contributed by atoms with van der Waals surface area (Å²) in [7, 11) is 0. The van der Waals surface area contributed by atoms with Crippen molar-refractivity contribution in [2.75, 3.05) is 11.9 Å². The number of aliphatic hydroxyl groups excluding tert-OH is 1. The molecule has 0 aromatic carbocycles. The van der Waals surface area contributed by atoms with E-state index in [0.29, 0.717) is 23.7 Å². The van der Waals surface area contributed by atoms with Crippen molar-refractivity contribution in [2.24, 2.45) is 10.9 Å². The van der Waals surface area contributed by atoms with Crippen LogP contribution in [0.4, 0.5) is 5.13 Å². The molecular formula is C22H26N6OS. The van der Waals surface area contributed by atoms with E-state index >= 15 is 0 Å². The number of anilines is 1. The van der Waals surface area contributed by atoms with E-state index in [0.717, 1.165) is 34.2 Å². The highest BCUT2D eigenvalue weighted by molar-refractivity contribution is 7.15. The zero-order chi connectivity index (χ0) is 21.1. The topological polar surface area (TPSA) is 95.3 Å². The lowest BCUT2D eigenvalue weighted by atomic mass is 9.85.